The summed E-state index contributed by atoms with van der Waals surface area (Å²) in [5, 5.41) is 10.8. The van der Waals surface area contributed by atoms with Gasteiger partial charge in [0.1, 0.15) is 0 Å². The van der Waals surface area contributed by atoms with E-state index in [4.69, 9.17) is 16.3 Å². The number of carbonyl (C=O) groups excluding carboxylic acids is 1. The molecule has 1 aliphatic rings. The first-order valence-corrected chi connectivity index (χ1v) is 8.12. The van der Waals surface area contributed by atoms with Crippen molar-refractivity contribution in [3.63, 3.8) is 0 Å². The lowest BCUT2D eigenvalue weighted by Crippen LogP contribution is -2.06. The fourth-order valence-corrected chi connectivity index (χ4v) is 2.89. The molecule has 0 aliphatic carbocycles. The first kappa shape index (κ1) is 16.6. The summed E-state index contributed by atoms with van der Waals surface area (Å²) in [7, 11) is 0. The quantitative estimate of drug-likeness (QED) is 0.229. The molecule has 1 aliphatic heterocycles. The van der Waals surface area contributed by atoms with Crippen LogP contribution in [0.15, 0.2) is 53.2 Å². The molecule has 1 heterocycles. The van der Waals surface area contributed by atoms with Gasteiger partial charge in [0.2, 0.25) is 5.90 Å². The average molecular weight is 455 g/mol. The summed E-state index contributed by atoms with van der Waals surface area (Å²) in [6.45, 7) is 0. The molecule has 3 rings (SSSR count). The summed E-state index contributed by atoms with van der Waals surface area (Å²) >= 11 is 8.20. The minimum absolute atomic E-state index is 0.0248. The number of aliphatic imine (C=N–C) groups is 1. The van der Waals surface area contributed by atoms with E-state index in [0.29, 0.717) is 5.56 Å². The fraction of sp³-hybridized carbons (Fsp3) is 0. The van der Waals surface area contributed by atoms with Crippen molar-refractivity contribution < 1.29 is 14.5 Å². The molecule has 2 aromatic rings. The Balaban J connectivity index is 1.96. The van der Waals surface area contributed by atoms with Crippen LogP contribution in [0.2, 0.25) is 5.02 Å². The third-order valence-corrected chi connectivity index (χ3v) is 4.15. The normalized spacial score (nSPS) is 15.3. The molecule has 0 saturated carbocycles. The number of non-ortho nitro benzene ring substituents is 1. The van der Waals surface area contributed by atoms with Crippen LogP contribution >= 0.6 is 34.2 Å². The van der Waals surface area contributed by atoms with Gasteiger partial charge in [-0.05, 0) is 52.4 Å². The highest BCUT2D eigenvalue weighted by atomic mass is 127. The summed E-state index contributed by atoms with van der Waals surface area (Å²) in [6, 6.07) is 11.4. The van der Waals surface area contributed by atoms with Crippen LogP contribution in [0, 0.1) is 13.7 Å². The zero-order chi connectivity index (χ0) is 17.3. The molecule has 0 aromatic heterocycles. The minimum atomic E-state index is -0.599. The number of nitro groups is 1. The molecule has 120 valence electrons. The fourth-order valence-electron chi connectivity index (χ4n) is 2.07. The zero-order valence-corrected chi connectivity index (χ0v) is 14.8. The highest BCUT2D eigenvalue weighted by molar-refractivity contribution is 14.1. The molecule has 0 radical (unpaired) electrons. The van der Waals surface area contributed by atoms with Gasteiger partial charge in [-0.3, -0.25) is 10.1 Å². The number of benzene rings is 2. The molecule has 0 spiro atoms. The molecule has 0 unspecified atom stereocenters. The van der Waals surface area contributed by atoms with Crippen LogP contribution in [0.3, 0.4) is 0 Å². The standard InChI is InChI=1S/C16H8ClIN2O4/c17-13-8-11(20(22)23)4-5-12(13)15-19-14(16(21)24-15)7-9-2-1-3-10(18)6-9/h1-8H/b14-7-. The van der Waals surface area contributed by atoms with Crippen LogP contribution in [0.25, 0.3) is 6.08 Å². The molecule has 0 atom stereocenters. The van der Waals surface area contributed by atoms with Crippen molar-refractivity contribution in [3.8, 4) is 0 Å². The lowest BCUT2D eigenvalue weighted by atomic mass is 10.2. The highest BCUT2D eigenvalue weighted by Gasteiger charge is 2.26. The van der Waals surface area contributed by atoms with Crippen LogP contribution in [-0.2, 0) is 9.53 Å². The Morgan fingerprint density at radius 1 is 1.25 bits per heavy atom. The van der Waals surface area contributed by atoms with E-state index in [1.807, 2.05) is 24.3 Å². The number of ether oxygens (including phenoxy) is 1. The third-order valence-electron chi connectivity index (χ3n) is 3.17. The summed E-state index contributed by atoms with van der Waals surface area (Å²) < 4.78 is 6.15. The predicted molar refractivity (Wildman–Crippen MR) is 97.9 cm³/mol. The number of nitro benzene ring substituents is 1. The van der Waals surface area contributed by atoms with Crippen molar-refractivity contribution in [2.45, 2.75) is 0 Å². The molecule has 0 amide bonds. The number of carbonyl (C=O) groups is 1. The summed E-state index contributed by atoms with van der Waals surface area (Å²) in [5.41, 5.74) is 1.13. The molecule has 6 nitrogen and oxygen atoms in total. The maximum absolute atomic E-state index is 12.0. The molecular formula is C16H8ClIN2O4. The van der Waals surface area contributed by atoms with E-state index in [1.165, 1.54) is 18.2 Å². The van der Waals surface area contributed by atoms with E-state index in [0.717, 1.165) is 9.13 Å². The maximum atomic E-state index is 12.0. The van der Waals surface area contributed by atoms with Crippen molar-refractivity contribution >= 4 is 57.8 Å². The Hall–Kier alpha value is -2.26. The van der Waals surface area contributed by atoms with Gasteiger partial charge in [-0.1, -0.05) is 23.7 Å². The van der Waals surface area contributed by atoms with Crippen LogP contribution in [0.4, 0.5) is 5.69 Å². The molecule has 0 N–H and O–H groups in total. The van der Waals surface area contributed by atoms with Gasteiger partial charge in [0.15, 0.2) is 5.70 Å². The molecule has 2 aromatic carbocycles. The number of esters is 1. The topological polar surface area (TPSA) is 81.8 Å². The van der Waals surface area contributed by atoms with Gasteiger partial charge in [0.25, 0.3) is 5.69 Å². The number of halogens is 2. The second kappa shape index (κ2) is 6.70. The molecule has 0 saturated heterocycles. The van der Waals surface area contributed by atoms with E-state index in [2.05, 4.69) is 27.6 Å². The van der Waals surface area contributed by atoms with Gasteiger partial charge >= 0.3 is 5.97 Å². The SMILES string of the molecule is O=C1OC(c2ccc([N+](=O)[O-])cc2Cl)=N/C1=C\c1cccc(I)c1. The predicted octanol–water partition coefficient (Wildman–Crippen LogP) is 4.20. The number of cyclic esters (lactones) is 1. The number of nitrogens with zero attached hydrogens (tertiary/aromatic N) is 2. The molecular weight excluding hydrogens is 447 g/mol. The second-order valence-corrected chi connectivity index (χ2v) is 6.47. The van der Waals surface area contributed by atoms with E-state index in [1.54, 1.807) is 6.08 Å². The number of hydrogen-bond donors (Lipinski definition) is 0. The van der Waals surface area contributed by atoms with Crippen molar-refractivity contribution in [1.29, 1.82) is 0 Å². The first-order chi connectivity index (χ1) is 11.4. The van der Waals surface area contributed by atoms with Crippen LogP contribution in [0.5, 0.6) is 0 Å². The van der Waals surface area contributed by atoms with Crippen LogP contribution in [-0.4, -0.2) is 16.8 Å². The molecule has 8 heteroatoms. The molecule has 0 fully saturated rings. The van der Waals surface area contributed by atoms with Crippen LogP contribution < -0.4 is 0 Å². The lowest BCUT2D eigenvalue weighted by molar-refractivity contribution is -0.384. The van der Waals surface area contributed by atoms with E-state index < -0.39 is 10.9 Å². The average Bonchev–Trinajstić information content (AvgIpc) is 2.87. The van der Waals surface area contributed by atoms with Gasteiger partial charge in [-0.25, -0.2) is 9.79 Å². The Morgan fingerprint density at radius 3 is 2.71 bits per heavy atom. The monoisotopic (exact) mass is 454 g/mol. The Bertz CT molecular complexity index is 924. The number of rotatable bonds is 3. The van der Waals surface area contributed by atoms with Crippen molar-refractivity contribution in [2.24, 2.45) is 4.99 Å². The Morgan fingerprint density at radius 2 is 2.04 bits per heavy atom. The Kier molecular flexibility index (Phi) is 4.63. The van der Waals surface area contributed by atoms with Gasteiger partial charge < -0.3 is 4.74 Å². The number of hydrogen-bond acceptors (Lipinski definition) is 5. The van der Waals surface area contributed by atoms with Crippen molar-refractivity contribution in [3.05, 3.63) is 78.0 Å². The summed E-state index contributed by atoms with van der Waals surface area (Å²) in [5.74, 6) is -0.574. The van der Waals surface area contributed by atoms with E-state index in [9.17, 15) is 14.9 Å². The van der Waals surface area contributed by atoms with Gasteiger partial charge in [-0.15, -0.1) is 0 Å². The van der Waals surface area contributed by atoms with Gasteiger partial charge in [-0.2, -0.15) is 0 Å². The zero-order valence-electron chi connectivity index (χ0n) is 11.9. The first-order valence-electron chi connectivity index (χ1n) is 6.66. The van der Waals surface area contributed by atoms with Crippen molar-refractivity contribution in [1.82, 2.24) is 0 Å². The van der Waals surface area contributed by atoms with Gasteiger partial charge in [0.05, 0.1) is 15.5 Å². The van der Waals surface area contributed by atoms with E-state index in [-0.39, 0.29) is 22.3 Å². The smallest absolute Gasteiger partial charge is 0.363 e. The lowest BCUT2D eigenvalue weighted by Gasteiger charge is -2.02. The Labute approximate surface area is 155 Å². The molecule has 0 bridgehead atoms. The maximum Gasteiger partial charge on any atom is 0.363 e. The van der Waals surface area contributed by atoms with E-state index >= 15 is 0 Å². The van der Waals surface area contributed by atoms with Gasteiger partial charge in [0, 0.05) is 15.7 Å². The summed E-state index contributed by atoms with van der Waals surface area (Å²) in [4.78, 5) is 26.3. The second-order valence-electron chi connectivity index (χ2n) is 4.81. The highest BCUT2D eigenvalue weighted by Crippen LogP contribution is 2.27. The largest absolute Gasteiger partial charge is 0.402 e. The summed E-state index contributed by atoms with van der Waals surface area (Å²) in [6.07, 6.45) is 1.61. The van der Waals surface area contributed by atoms with Crippen LogP contribution in [0.1, 0.15) is 11.1 Å². The third kappa shape index (κ3) is 3.46. The molecule has 24 heavy (non-hydrogen) atoms. The van der Waals surface area contributed by atoms with Crippen molar-refractivity contribution in [2.75, 3.05) is 0 Å². The minimum Gasteiger partial charge on any atom is -0.402 e.